The van der Waals surface area contributed by atoms with Crippen LogP contribution in [0.2, 0.25) is 0 Å². The topological polar surface area (TPSA) is 93.7 Å². The number of ether oxygens (including phenoxy) is 1. The van der Waals surface area contributed by atoms with Gasteiger partial charge in [0.15, 0.2) is 5.82 Å². The maximum absolute atomic E-state index is 14.1. The highest BCUT2D eigenvalue weighted by Gasteiger charge is 2.33. The molecule has 3 heterocycles. The number of likely N-dealkylation sites (tertiary alicyclic amines) is 1. The van der Waals surface area contributed by atoms with Gasteiger partial charge >= 0.3 is 6.18 Å². The second-order valence-electron chi connectivity index (χ2n) is 7.03. The number of carbonyl (C=O) groups is 1. The molecular weight excluding hydrogens is 430 g/mol. The zero-order valence-electron chi connectivity index (χ0n) is 16.9. The Morgan fingerprint density at radius 2 is 2.19 bits per heavy atom. The molecule has 1 unspecified atom stereocenters. The number of alkyl halides is 3. The second kappa shape index (κ2) is 10.2. The lowest BCUT2D eigenvalue weighted by molar-refractivity contribution is -0.138. The molecule has 2 N–H and O–H groups in total. The molecule has 11 heteroatoms. The van der Waals surface area contributed by atoms with E-state index < -0.39 is 29.5 Å². The first kappa shape index (κ1) is 23.2. The van der Waals surface area contributed by atoms with Crippen LogP contribution in [0, 0.1) is 5.82 Å². The standard InChI is InChI=1S/C21H21F4N5O2/c22-17-10-15(21(23,24)25)12-29-19(17)32-16-5-2-9-30(13-16)20(31)18-14(4-1-8-28-18)11-27-7-3-6-26/h1,3-4,6-8,10,12,16H,2,5,9,11,13,26H2/b6-3-,27-7-. The minimum Gasteiger partial charge on any atom is -0.470 e. The molecule has 1 amide bonds. The number of hydrogen-bond donors (Lipinski definition) is 1. The Bertz CT molecular complexity index is 1010. The summed E-state index contributed by atoms with van der Waals surface area (Å²) < 4.78 is 57.6. The molecule has 0 saturated carbocycles. The van der Waals surface area contributed by atoms with Crippen molar-refractivity contribution >= 4 is 12.1 Å². The quantitative estimate of drug-likeness (QED) is 0.537. The molecule has 0 spiro atoms. The molecule has 0 bridgehead atoms. The van der Waals surface area contributed by atoms with Crippen LogP contribution < -0.4 is 10.5 Å². The van der Waals surface area contributed by atoms with Crippen molar-refractivity contribution in [2.75, 3.05) is 13.1 Å². The Hall–Kier alpha value is -3.50. The second-order valence-corrected chi connectivity index (χ2v) is 7.03. The molecule has 0 aromatic carbocycles. The van der Waals surface area contributed by atoms with Crippen LogP contribution in [0.5, 0.6) is 5.88 Å². The van der Waals surface area contributed by atoms with Crippen LogP contribution in [0.25, 0.3) is 0 Å². The first-order valence-electron chi connectivity index (χ1n) is 9.79. The van der Waals surface area contributed by atoms with Crippen LogP contribution in [-0.4, -0.2) is 46.2 Å². The maximum Gasteiger partial charge on any atom is 0.417 e. The first-order valence-corrected chi connectivity index (χ1v) is 9.79. The number of nitrogens with zero attached hydrogens (tertiary/aromatic N) is 4. The summed E-state index contributed by atoms with van der Waals surface area (Å²) in [4.78, 5) is 26.4. The van der Waals surface area contributed by atoms with Crippen molar-refractivity contribution in [2.45, 2.75) is 31.7 Å². The number of nitrogens with two attached hydrogens (primary N) is 1. The Balaban J connectivity index is 1.70. The van der Waals surface area contributed by atoms with E-state index in [0.29, 0.717) is 37.2 Å². The summed E-state index contributed by atoms with van der Waals surface area (Å²) >= 11 is 0. The Morgan fingerprint density at radius 1 is 1.38 bits per heavy atom. The SMILES string of the molecule is N/C=C\C=N/Cc1cccnc1C(=O)N1CCCC(Oc2ncc(C(F)(F)F)cc2F)C1. The van der Waals surface area contributed by atoms with E-state index in [9.17, 15) is 22.4 Å². The van der Waals surface area contributed by atoms with E-state index in [1.54, 1.807) is 18.2 Å². The zero-order chi connectivity index (χ0) is 23.1. The lowest BCUT2D eigenvalue weighted by Crippen LogP contribution is -2.45. The van der Waals surface area contributed by atoms with Crippen molar-refractivity contribution < 1.29 is 27.1 Å². The summed E-state index contributed by atoms with van der Waals surface area (Å²) in [5.41, 5.74) is 4.91. The van der Waals surface area contributed by atoms with Crippen molar-refractivity contribution in [1.82, 2.24) is 14.9 Å². The number of allylic oxidation sites excluding steroid dienone is 1. The van der Waals surface area contributed by atoms with Crippen molar-refractivity contribution in [3.63, 3.8) is 0 Å². The highest BCUT2D eigenvalue weighted by molar-refractivity contribution is 5.93. The van der Waals surface area contributed by atoms with Crippen LogP contribution in [0.4, 0.5) is 17.6 Å². The monoisotopic (exact) mass is 451 g/mol. The van der Waals surface area contributed by atoms with Crippen molar-refractivity contribution in [3.05, 3.63) is 65.5 Å². The molecule has 1 aliphatic rings. The highest BCUT2D eigenvalue weighted by Crippen LogP contribution is 2.31. The van der Waals surface area contributed by atoms with Crippen LogP contribution in [0.15, 0.2) is 47.9 Å². The van der Waals surface area contributed by atoms with E-state index >= 15 is 0 Å². The third kappa shape index (κ3) is 5.80. The van der Waals surface area contributed by atoms with Crippen LogP contribution >= 0.6 is 0 Å². The summed E-state index contributed by atoms with van der Waals surface area (Å²) in [5.74, 6) is -2.07. The fourth-order valence-corrected chi connectivity index (χ4v) is 3.21. The van der Waals surface area contributed by atoms with Gasteiger partial charge in [-0.15, -0.1) is 0 Å². The number of aliphatic imine (C=N–C) groups is 1. The minimum absolute atomic E-state index is 0.121. The third-order valence-corrected chi connectivity index (χ3v) is 4.74. The first-order chi connectivity index (χ1) is 15.3. The number of aromatic nitrogens is 2. The van der Waals surface area contributed by atoms with Gasteiger partial charge < -0.3 is 15.4 Å². The zero-order valence-corrected chi connectivity index (χ0v) is 16.9. The van der Waals surface area contributed by atoms with Crippen LogP contribution in [0.3, 0.4) is 0 Å². The predicted molar refractivity (Wildman–Crippen MR) is 109 cm³/mol. The molecule has 1 saturated heterocycles. The minimum atomic E-state index is -4.70. The van der Waals surface area contributed by atoms with Crippen molar-refractivity contribution in [3.8, 4) is 5.88 Å². The molecule has 2 aromatic rings. The van der Waals surface area contributed by atoms with Crippen molar-refractivity contribution in [1.29, 1.82) is 0 Å². The molecule has 0 aliphatic carbocycles. The van der Waals surface area contributed by atoms with Gasteiger partial charge in [0.2, 0.25) is 0 Å². The van der Waals surface area contributed by atoms with Gasteiger partial charge in [0, 0.05) is 30.7 Å². The summed E-state index contributed by atoms with van der Waals surface area (Å²) in [6.07, 6.45) is 2.16. The number of hydrogen-bond acceptors (Lipinski definition) is 6. The highest BCUT2D eigenvalue weighted by atomic mass is 19.4. The molecule has 1 atom stereocenters. The number of amides is 1. The maximum atomic E-state index is 14.1. The summed E-state index contributed by atoms with van der Waals surface area (Å²) in [6.45, 7) is 0.792. The molecule has 2 aromatic heterocycles. The average Bonchev–Trinajstić information content (AvgIpc) is 2.77. The van der Waals surface area contributed by atoms with E-state index in [2.05, 4.69) is 15.0 Å². The van der Waals surface area contributed by atoms with Gasteiger partial charge in [-0.05, 0) is 37.3 Å². The normalized spacial score (nSPS) is 17.2. The van der Waals surface area contributed by atoms with E-state index in [4.69, 9.17) is 10.5 Å². The van der Waals surface area contributed by atoms with Gasteiger partial charge in [0.05, 0.1) is 18.7 Å². The van der Waals surface area contributed by atoms with Gasteiger partial charge in [-0.1, -0.05) is 6.07 Å². The molecule has 0 radical (unpaired) electrons. The molecule has 7 nitrogen and oxygen atoms in total. The Kier molecular flexibility index (Phi) is 7.39. The number of pyridine rings is 2. The average molecular weight is 451 g/mol. The number of piperidine rings is 1. The number of carbonyl (C=O) groups excluding carboxylic acids is 1. The molecular formula is C21H21F4N5O2. The number of rotatable bonds is 6. The third-order valence-electron chi connectivity index (χ3n) is 4.74. The molecule has 1 fully saturated rings. The van der Waals surface area contributed by atoms with Gasteiger partial charge in [0.1, 0.15) is 11.8 Å². The van der Waals surface area contributed by atoms with Crippen LogP contribution in [-0.2, 0) is 12.7 Å². The summed E-state index contributed by atoms with van der Waals surface area (Å²) in [6, 6.07) is 3.78. The van der Waals surface area contributed by atoms with E-state index in [1.165, 1.54) is 23.5 Å². The number of halogens is 4. The lowest BCUT2D eigenvalue weighted by Gasteiger charge is -2.32. The molecule has 32 heavy (non-hydrogen) atoms. The summed E-state index contributed by atoms with van der Waals surface area (Å²) in [5, 5.41) is 0. The Morgan fingerprint density at radius 3 is 2.91 bits per heavy atom. The predicted octanol–water partition coefficient (Wildman–Crippen LogP) is 3.36. The van der Waals surface area contributed by atoms with Gasteiger partial charge in [-0.25, -0.2) is 9.37 Å². The van der Waals surface area contributed by atoms with Gasteiger partial charge in [-0.3, -0.25) is 14.8 Å². The summed E-state index contributed by atoms with van der Waals surface area (Å²) in [7, 11) is 0. The molecule has 170 valence electrons. The van der Waals surface area contributed by atoms with E-state index in [0.717, 1.165) is 0 Å². The van der Waals surface area contributed by atoms with Gasteiger partial charge in [-0.2, -0.15) is 13.2 Å². The molecule has 3 rings (SSSR count). The van der Waals surface area contributed by atoms with Gasteiger partial charge in [0.25, 0.3) is 11.8 Å². The fourth-order valence-electron chi connectivity index (χ4n) is 3.21. The van der Waals surface area contributed by atoms with E-state index in [1.807, 2.05) is 0 Å². The van der Waals surface area contributed by atoms with E-state index in [-0.39, 0.29) is 24.7 Å². The van der Waals surface area contributed by atoms with Crippen molar-refractivity contribution in [2.24, 2.45) is 10.7 Å². The molecule has 1 aliphatic heterocycles. The lowest BCUT2D eigenvalue weighted by atomic mass is 10.1. The fraction of sp³-hybridized carbons (Fsp3) is 0.333. The van der Waals surface area contributed by atoms with Crippen LogP contribution in [0.1, 0.15) is 34.5 Å². The Labute approximate surface area is 181 Å². The largest absolute Gasteiger partial charge is 0.470 e. The smallest absolute Gasteiger partial charge is 0.417 e.